The zero-order valence-corrected chi connectivity index (χ0v) is 11.4. The normalized spacial score (nSPS) is 11.6. The summed E-state index contributed by atoms with van der Waals surface area (Å²) in [5.74, 6) is 0.882. The lowest BCUT2D eigenvalue weighted by Crippen LogP contribution is -1.89. The van der Waals surface area contributed by atoms with Crippen molar-refractivity contribution in [3.63, 3.8) is 0 Å². The topological polar surface area (TPSA) is 9.23 Å². The molecule has 0 aromatic heterocycles. The second kappa shape index (κ2) is 5.62. The third kappa shape index (κ3) is 2.43. The van der Waals surface area contributed by atoms with Gasteiger partial charge in [-0.3, -0.25) is 0 Å². The summed E-state index contributed by atoms with van der Waals surface area (Å²) in [6.45, 7) is 0. The molecule has 20 heavy (non-hydrogen) atoms. The van der Waals surface area contributed by atoms with E-state index in [4.69, 9.17) is 4.74 Å². The highest BCUT2D eigenvalue weighted by molar-refractivity contribution is 5.95. The van der Waals surface area contributed by atoms with E-state index in [0.29, 0.717) is 0 Å². The summed E-state index contributed by atoms with van der Waals surface area (Å²) in [4.78, 5) is 0. The molecule has 0 bridgehead atoms. The van der Waals surface area contributed by atoms with Crippen LogP contribution < -0.4 is 0 Å². The molecule has 3 aromatic carbocycles. The summed E-state index contributed by atoms with van der Waals surface area (Å²) in [7, 11) is 1.72. The van der Waals surface area contributed by atoms with Crippen LogP contribution in [0.2, 0.25) is 0 Å². The van der Waals surface area contributed by atoms with Crippen molar-refractivity contribution in [1.29, 1.82) is 0 Å². The number of hydrogen-bond donors (Lipinski definition) is 0. The lowest BCUT2D eigenvalue weighted by Gasteiger charge is -2.10. The van der Waals surface area contributed by atoms with E-state index in [-0.39, 0.29) is 0 Å². The molecule has 0 saturated heterocycles. The van der Waals surface area contributed by atoms with Crippen LogP contribution in [0.4, 0.5) is 0 Å². The molecule has 0 aliphatic heterocycles. The fourth-order valence-corrected chi connectivity index (χ4v) is 2.39. The Morgan fingerprint density at radius 1 is 0.800 bits per heavy atom. The summed E-state index contributed by atoms with van der Waals surface area (Å²) in [5.41, 5.74) is 2.26. The minimum Gasteiger partial charge on any atom is -0.496 e. The molecule has 1 heteroatoms. The first-order chi connectivity index (χ1) is 9.88. The smallest absolute Gasteiger partial charge is 0.127 e. The second-order valence-electron chi connectivity index (χ2n) is 4.65. The summed E-state index contributed by atoms with van der Waals surface area (Å²) in [5, 5.41) is 2.43. The van der Waals surface area contributed by atoms with Gasteiger partial charge in [-0.05, 0) is 22.4 Å². The number of benzene rings is 3. The van der Waals surface area contributed by atoms with E-state index < -0.39 is 0 Å². The van der Waals surface area contributed by atoms with Crippen molar-refractivity contribution in [3.05, 3.63) is 83.9 Å². The molecule has 1 nitrogen and oxygen atoms in total. The van der Waals surface area contributed by atoms with Gasteiger partial charge in [0.2, 0.25) is 0 Å². The van der Waals surface area contributed by atoms with Crippen molar-refractivity contribution in [2.75, 3.05) is 7.11 Å². The Kier molecular flexibility index (Phi) is 3.51. The zero-order chi connectivity index (χ0) is 13.8. The number of ether oxygens (including phenoxy) is 1. The molecule has 0 N–H and O–H groups in total. The first-order valence-electron chi connectivity index (χ1n) is 6.67. The van der Waals surface area contributed by atoms with E-state index in [9.17, 15) is 0 Å². The molecule has 0 spiro atoms. The Morgan fingerprint density at radius 3 is 2.30 bits per heavy atom. The van der Waals surface area contributed by atoms with Crippen LogP contribution in [0.3, 0.4) is 0 Å². The van der Waals surface area contributed by atoms with Crippen LogP contribution in [0.15, 0.2) is 72.8 Å². The van der Waals surface area contributed by atoms with Gasteiger partial charge < -0.3 is 4.74 Å². The molecule has 0 amide bonds. The largest absolute Gasteiger partial charge is 0.496 e. The van der Waals surface area contributed by atoms with E-state index in [2.05, 4.69) is 60.7 Å². The Morgan fingerprint density at radius 2 is 1.50 bits per heavy atom. The van der Waals surface area contributed by atoms with Crippen molar-refractivity contribution in [1.82, 2.24) is 0 Å². The molecule has 0 atom stereocenters. The van der Waals surface area contributed by atoms with Crippen LogP contribution in [-0.2, 0) is 4.74 Å². The lowest BCUT2D eigenvalue weighted by molar-refractivity contribution is 0.373. The van der Waals surface area contributed by atoms with Gasteiger partial charge in [0.15, 0.2) is 0 Å². The summed E-state index contributed by atoms with van der Waals surface area (Å²) in [6.07, 6.45) is 2.07. The molecule has 0 aliphatic carbocycles. The highest BCUT2D eigenvalue weighted by atomic mass is 16.5. The summed E-state index contributed by atoms with van der Waals surface area (Å²) >= 11 is 0. The maximum Gasteiger partial charge on any atom is 0.127 e. The van der Waals surface area contributed by atoms with E-state index in [1.807, 2.05) is 18.2 Å². The maximum absolute atomic E-state index is 5.61. The zero-order valence-electron chi connectivity index (χ0n) is 11.4. The Balaban J connectivity index is 2.15. The van der Waals surface area contributed by atoms with Crippen LogP contribution >= 0.6 is 0 Å². The van der Waals surface area contributed by atoms with Gasteiger partial charge in [0.05, 0.1) is 7.11 Å². The van der Waals surface area contributed by atoms with Crippen LogP contribution in [-0.4, -0.2) is 7.11 Å². The predicted octanol–water partition coefficient (Wildman–Crippen LogP) is 4.98. The van der Waals surface area contributed by atoms with Gasteiger partial charge in [-0.1, -0.05) is 72.8 Å². The molecule has 0 fully saturated rings. The number of rotatable bonds is 3. The maximum atomic E-state index is 5.61. The van der Waals surface area contributed by atoms with Crippen LogP contribution in [0, 0.1) is 0 Å². The van der Waals surface area contributed by atoms with Crippen LogP contribution in [0.25, 0.3) is 22.6 Å². The van der Waals surface area contributed by atoms with E-state index >= 15 is 0 Å². The molecule has 3 rings (SSSR count). The second-order valence-corrected chi connectivity index (χ2v) is 4.65. The third-order valence-electron chi connectivity index (χ3n) is 3.37. The van der Waals surface area contributed by atoms with Crippen molar-refractivity contribution in [2.24, 2.45) is 0 Å². The van der Waals surface area contributed by atoms with Crippen LogP contribution in [0.1, 0.15) is 11.1 Å². The van der Waals surface area contributed by atoms with Gasteiger partial charge in [-0.15, -0.1) is 0 Å². The molecule has 98 valence electrons. The highest BCUT2D eigenvalue weighted by Gasteiger charge is 2.06. The first kappa shape index (κ1) is 12.5. The third-order valence-corrected chi connectivity index (χ3v) is 3.37. The average Bonchev–Trinajstić information content (AvgIpc) is 2.53. The quantitative estimate of drug-likeness (QED) is 0.476. The minimum atomic E-state index is 0.882. The molecular formula is C19H16O. The van der Waals surface area contributed by atoms with Gasteiger partial charge in [-0.2, -0.15) is 0 Å². The number of methoxy groups -OCH3 is 1. The highest BCUT2D eigenvalue weighted by Crippen LogP contribution is 2.27. The summed E-state index contributed by atoms with van der Waals surface area (Å²) < 4.78 is 5.61. The van der Waals surface area contributed by atoms with Crippen LogP contribution in [0.5, 0.6) is 0 Å². The lowest BCUT2D eigenvalue weighted by atomic mass is 10.0. The van der Waals surface area contributed by atoms with E-state index in [1.54, 1.807) is 7.11 Å². The molecule has 0 unspecified atom stereocenters. The molecule has 0 aliphatic rings. The van der Waals surface area contributed by atoms with Crippen molar-refractivity contribution < 1.29 is 4.74 Å². The Hall–Kier alpha value is -2.54. The fourth-order valence-electron chi connectivity index (χ4n) is 2.39. The van der Waals surface area contributed by atoms with Gasteiger partial charge in [-0.25, -0.2) is 0 Å². The van der Waals surface area contributed by atoms with Gasteiger partial charge >= 0.3 is 0 Å². The SMILES string of the molecule is CO/C(=C\c1ccccc1)c1cccc2ccccc12. The van der Waals surface area contributed by atoms with Gasteiger partial charge in [0.25, 0.3) is 0 Å². The predicted molar refractivity (Wildman–Crippen MR) is 85.3 cm³/mol. The molecule has 0 radical (unpaired) electrons. The van der Waals surface area contributed by atoms with E-state index in [1.165, 1.54) is 10.8 Å². The average molecular weight is 260 g/mol. The molecule has 3 aromatic rings. The van der Waals surface area contributed by atoms with Gasteiger partial charge in [0, 0.05) is 5.56 Å². The number of hydrogen-bond acceptors (Lipinski definition) is 1. The molecule has 0 saturated carbocycles. The minimum absolute atomic E-state index is 0.882. The molecule has 0 heterocycles. The summed E-state index contributed by atoms with van der Waals surface area (Å²) in [6, 6.07) is 24.9. The molecular weight excluding hydrogens is 244 g/mol. The van der Waals surface area contributed by atoms with Crippen molar-refractivity contribution in [3.8, 4) is 0 Å². The number of fused-ring (bicyclic) bond motifs is 1. The first-order valence-corrected chi connectivity index (χ1v) is 6.67. The Labute approximate surface area is 119 Å². The van der Waals surface area contributed by atoms with Gasteiger partial charge in [0.1, 0.15) is 5.76 Å². The van der Waals surface area contributed by atoms with Crippen molar-refractivity contribution >= 4 is 22.6 Å². The Bertz CT molecular complexity index is 737. The van der Waals surface area contributed by atoms with Crippen molar-refractivity contribution in [2.45, 2.75) is 0 Å². The monoisotopic (exact) mass is 260 g/mol. The fraction of sp³-hybridized carbons (Fsp3) is 0.0526. The van der Waals surface area contributed by atoms with E-state index in [0.717, 1.165) is 16.9 Å². The standard InChI is InChI=1S/C19H16O/c1-20-19(14-15-8-3-2-4-9-15)18-13-7-11-16-10-5-6-12-17(16)18/h2-14H,1H3/b19-14-.